The lowest BCUT2D eigenvalue weighted by molar-refractivity contribution is 0.140. The van der Waals surface area contributed by atoms with Crippen LogP contribution in [0.4, 0.5) is 16.3 Å². The summed E-state index contributed by atoms with van der Waals surface area (Å²) in [6, 6.07) is 12.1. The highest BCUT2D eigenvalue weighted by atomic mass is 16.5. The molecule has 0 aliphatic carbocycles. The zero-order valence-corrected chi connectivity index (χ0v) is 20.5. The van der Waals surface area contributed by atoms with Gasteiger partial charge in [0.05, 0.1) is 7.11 Å². The molecule has 0 atom stereocenters. The Morgan fingerprint density at radius 2 is 1.79 bits per heavy atom. The van der Waals surface area contributed by atoms with E-state index in [9.17, 15) is 4.79 Å². The van der Waals surface area contributed by atoms with Gasteiger partial charge in [0.15, 0.2) is 11.5 Å². The van der Waals surface area contributed by atoms with E-state index in [-0.39, 0.29) is 6.03 Å². The van der Waals surface area contributed by atoms with Crippen LogP contribution in [0.3, 0.4) is 0 Å². The van der Waals surface area contributed by atoms with E-state index in [1.807, 2.05) is 41.3 Å². The molecule has 0 unspecified atom stereocenters. The number of amides is 2. The number of pyridine rings is 1. The number of carbonyl (C=O) groups excluding carboxylic acids is 1. The van der Waals surface area contributed by atoms with Crippen molar-refractivity contribution in [3.05, 3.63) is 42.6 Å². The van der Waals surface area contributed by atoms with Crippen LogP contribution in [0.15, 0.2) is 42.6 Å². The first-order valence-corrected chi connectivity index (χ1v) is 11.7. The minimum atomic E-state index is -0.113. The van der Waals surface area contributed by atoms with Crippen molar-refractivity contribution < 1.29 is 14.3 Å². The molecule has 8 nitrogen and oxygen atoms in total. The molecule has 0 radical (unpaired) electrons. The molecular weight excluding hydrogens is 418 g/mol. The molecule has 1 aromatic carbocycles. The van der Waals surface area contributed by atoms with E-state index >= 15 is 0 Å². The number of ether oxygens (including phenoxy) is 2. The number of nitrogens with zero attached hydrogens (tertiary/aromatic N) is 4. The molecule has 0 spiro atoms. The molecule has 1 N–H and O–H groups in total. The monoisotopic (exact) mass is 455 g/mol. The predicted octanol–water partition coefficient (Wildman–Crippen LogP) is 3.94. The zero-order valence-electron chi connectivity index (χ0n) is 20.5. The van der Waals surface area contributed by atoms with Crippen LogP contribution in [0.2, 0.25) is 0 Å². The van der Waals surface area contributed by atoms with Gasteiger partial charge in [-0.1, -0.05) is 6.07 Å². The number of hydrogen-bond donors (Lipinski definition) is 1. The second-order valence-electron chi connectivity index (χ2n) is 8.73. The van der Waals surface area contributed by atoms with Gasteiger partial charge in [0, 0.05) is 62.8 Å². The van der Waals surface area contributed by atoms with Crippen molar-refractivity contribution >= 4 is 17.5 Å². The smallest absolute Gasteiger partial charge is 0.321 e. The summed E-state index contributed by atoms with van der Waals surface area (Å²) in [5.41, 5.74) is 0.688. The summed E-state index contributed by atoms with van der Waals surface area (Å²) < 4.78 is 11.5. The van der Waals surface area contributed by atoms with Gasteiger partial charge in [-0.15, -0.1) is 0 Å². The van der Waals surface area contributed by atoms with E-state index in [1.165, 1.54) is 0 Å². The van der Waals surface area contributed by atoms with Crippen molar-refractivity contribution in [3.63, 3.8) is 0 Å². The molecule has 1 saturated heterocycles. The summed E-state index contributed by atoms with van der Waals surface area (Å²) in [6.07, 6.45) is 1.79. The Balaban J connectivity index is 1.56. The number of carbonyl (C=O) groups is 1. The fourth-order valence-corrected chi connectivity index (χ4v) is 4.12. The Kier molecular flexibility index (Phi) is 8.77. The lowest BCUT2D eigenvalue weighted by Crippen LogP contribution is -2.50. The first kappa shape index (κ1) is 24.6. The second kappa shape index (κ2) is 11.7. The van der Waals surface area contributed by atoms with Crippen LogP contribution in [0.1, 0.15) is 27.7 Å². The van der Waals surface area contributed by atoms with Crippen LogP contribution in [-0.2, 0) is 0 Å². The van der Waals surface area contributed by atoms with E-state index in [1.54, 1.807) is 13.3 Å². The number of benzene rings is 1. The quantitative estimate of drug-likeness (QED) is 0.618. The highest BCUT2D eigenvalue weighted by Gasteiger charge is 2.22. The normalized spacial score (nSPS) is 14.2. The van der Waals surface area contributed by atoms with Gasteiger partial charge in [0.2, 0.25) is 0 Å². The van der Waals surface area contributed by atoms with Gasteiger partial charge < -0.3 is 24.6 Å². The summed E-state index contributed by atoms with van der Waals surface area (Å²) >= 11 is 0. The summed E-state index contributed by atoms with van der Waals surface area (Å²) in [4.78, 5) is 23.6. The lowest BCUT2D eigenvalue weighted by atomic mass is 10.2. The highest BCUT2D eigenvalue weighted by Crippen LogP contribution is 2.30. The number of hydrogen-bond acceptors (Lipinski definition) is 6. The molecule has 2 amide bonds. The maximum Gasteiger partial charge on any atom is 0.321 e. The summed E-state index contributed by atoms with van der Waals surface area (Å²) in [6.45, 7) is 12.9. The SMILES string of the molecule is COc1ccc(NC(=O)N2CCN(c3ccccn3)CC2)cc1OCCN(C(C)C)C(C)C. The number of nitrogens with one attached hydrogen (secondary N) is 1. The van der Waals surface area contributed by atoms with Gasteiger partial charge in [-0.3, -0.25) is 4.90 Å². The number of aromatic nitrogens is 1. The Morgan fingerprint density at radius 1 is 1.06 bits per heavy atom. The predicted molar refractivity (Wildman–Crippen MR) is 133 cm³/mol. The van der Waals surface area contributed by atoms with E-state index in [0.717, 1.165) is 25.5 Å². The molecular formula is C25H37N5O3. The highest BCUT2D eigenvalue weighted by molar-refractivity contribution is 5.90. The Labute approximate surface area is 197 Å². The number of rotatable bonds is 9. The van der Waals surface area contributed by atoms with E-state index in [0.29, 0.717) is 49.0 Å². The third-order valence-corrected chi connectivity index (χ3v) is 5.89. The first-order chi connectivity index (χ1) is 15.9. The van der Waals surface area contributed by atoms with Crippen LogP contribution >= 0.6 is 0 Å². The molecule has 0 saturated carbocycles. The lowest BCUT2D eigenvalue weighted by Gasteiger charge is -2.35. The van der Waals surface area contributed by atoms with Gasteiger partial charge in [0.25, 0.3) is 0 Å². The van der Waals surface area contributed by atoms with Crippen molar-refractivity contribution in [3.8, 4) is 11.5 Å². The fourth-order valence-electron chi connectivity index (χ4n) is 4.12. The summed E-state index contributed by atoms with van der Waals surface area (Å²) in [7, 11) is 1.62. The van der Waals surface area contributed by atoms with Crippen LogP contribution in [0.5, 0.6) is 11.5 Å². The van der Waals surface area contributed by atoms with Crippen molar-refractivity contribution in [1.29, 1.82) is 0 Å². The van der Waals surface area contributed by atoms with Crippen molar-refractivity contribution in [2.45, 2.75) is 39.8 Å². The minimum Gasteiger partial charge on any atom is -0.493 e. The maximum absolute atomic E-state index is 12.8. The van der Waals surface area contributed by atoms with Crippen LogP contribution in [-0.4, -0.2) is 79.3 Å². The standard InChI is InChI=1S/C25H37N5O3/c1-19(2)30(20(3)4)16-17-33-23-18-21(9-10-22(23)32-5)27-25(31)29-14-12-28(13-15-29)24-8-6-7-11-26-24/h6-11,18-20H,12-17H2,1-5H3,(H,27,31). The molecule has 0 bridgehead atoms. The topological polar surface area (TPSA) is 70.2 Å². The van der Waals surface area contributed by atoms with E-state index in [2.05, 4.69) is 47.8 Å². The molecule has 1 aromatic heterocycles. The Morgan fingerprint density at radius 3 is 2.39 bits per heavy atom. The molecule has 2 aromatic rings. The van der Waals surface area contributed by atoms with E-state index in [4.69, 9.17) is 9.47 Å². The van der Waals surface area contributed by atoms with Crippen molar-refractivity contribution in [1.82, 2.24) is 14.8 Å². The van der Waals surface area contributed by atoms with Gasteiger partial charge >= 0.3 is 6.03 Å². The molecule has 1 fully saturated rings. The number of anilines is 2. The first-order valence-electron chi connectivity index (χ1n) is 11.7. The van der Waals surface area contributed by atoms with Gasteiger partial charge in [-0.2, -0.15) is 0 Å². The summed E-state index contributed by atoms with van der Waals surface area (Å²) in [5, 5.41) is 3.00. The molecule has 8 heteroatoms. The van der Waals surface area contributed by atoms with Crippen molar-refractivity contribution in [2.24, 2.45) is 0 Å². The number of urea groups is 1. The molecule has 2 heterocycles. The number of piperazine rings is 1. The van der Waals surface area contributed by atoms with Crippen LogP contribution < -0.4 is 19.7 Å². The number of methoxy groups -OCH3 is 1. The molecule has 3 rings (SSSR count). The minimum absolute atomic E-state index is 0.113. The molecule has 180 valence electrons. The largest absolute Gasteiger partial charge is 0.493 e. The van der Waals surface area contributed by atoms with Gasteiger partial charge in [-0.05, 0) is 52.0 Å². The zero-order chi connectivity index (χ0) is 23.8. The van der Waals surface area contributed by atoms with Crippen molar-refractivity contribution in [2.75, 3.05) is 56.7 Å². The third kappa shape index (κ3) is 6.74. The van der Waals surface area contributed by atoms with Crippen LogP contribution in [0, 0.1) is 0 Å². The average molecular weight is 456 g/mol. The second-order valence-corrected chi connectivity index (χ2v) is 8.73. The summed E-state index contributed by atoms with van der Waals surface area (Å²) in [5.74, 6) is 2.23. The molecule has 1 aliphatic heterocycles. The fraction of sp³-hybridized carbons (Fsp3) is 0.520. The molecule has 33 heavy (non-hydrogen) atoms. The van der Waals surface area contributed by atoms with Gasteiger partial charge in [-0.25, -0.2) is 9.78 Å². The van der Waals surface area contributed by atoms with Gasteiger partial charge in [0.1, 0.15) is 12.4 Å². The Bertz CT molecular complexity index is 875. The average Bonchev–Trinajstić information content (AvgIpc) is 2.82. The Hall–Kier alpha value is -3.00. The third-order valence-electron chi connectivity index (χ3n) is 5.89. The molecule has 1 aliphatic rings. The van der Waals surface area contributed by atoms with Crippen LogP contribution in [0.25, 0.3) is 0 Å². The maximum atomic E-state index is 12.8. The van der Waals surface area contributed by atoms with E-state index < -0.39 is 0 Å².